The van der Waals surface area contributed by atoms with Gasteiger partial charge < -0.3 is 10.4 Å². The number of carbonyl (C=O) groups excluding carboxylic acids is 1. The van der Waals surface area contributed by atoms with Crippen LogP contribution in [0, 0.1) is 16.7 Å². The summed E-state index contributed by atoms with van der Waals surface area (Å²) < 4.78 is 1.73. The van der Waals surface area contributed by atoms with Crippen LogP contribution in [0.15, 0.2) is 12.3 Å². The van der Waals surface area contributed by atoms with Crippen LogP contribution in [-0.4, -0.2) is 26.8 Å². The molecule has 2 N–H and O–H groups in total. The van der Waals surface area contributed by atoms with Gasteiger partial charge in [-0.2, -0.15) is 5.10 Å². The van der Waals surface area contributed by atoms with Gasteiger partial charge in [0.25, 0.3) is 0 Å². The minimum absolute atomic E-state index is 0.147. The lowest BCUT2D eigenvalue weighted by Crippen LogP contribution is -2.43. The molecule has 116 valence electrons. The van der Waals surface area contributed by atoms with E-state index in [-0.39, 0.29) is 11.8 Å². The summed E-state index contributed by atoms with van der Waals surface area (Å²) in [4.78, 5) is 24.0. The van der Waals surface area contributed by atoms with Crippen molar-refractivity contribution in [3.05, 3.63) is 12.3 Å². The summed E-state index contributed by atoms with van der Waals surface area (Å²) in [6.07, 6.45) is 2.89. The third-order valence-electron chi connectivity index (χ3n) is 5.23. The van der Waals surface area contributed by atoms with Crippen molar-refractivity contribution in [3.63, 3.8) is 0 Å². The number of rotatable bonds is 4. The molecule has 0 aromatic carbocycles. The van der Waals surface area contributed by atoms with Gasteiger partial charge in [0.1, 0.15) is 0 Å². The monoisotopic (exact) mass is 293 g/mol. The molecule has 2 rings (SSSR count). The highest BCUT2D eigenvalue weighted by Gasteiger charge is 2.58. The van der Waals surface area contributed by atoms with Crippen LogP contribution < -0.4 is 5.32 Å². The SMILES string of the molecule is CCn1ccc(NC(=O)[C@H]2CC[C@@](C)(C(=O)O)C2(C)C)n1. The summed E-state index contributed by atoms with van der Waals surface area (Å²) in [5.41, 5.74) is -1.48. The lowest BCUT2D eigenvalue weighted by Gasteiger charge is -2.37. The molecule has 1 amide bonds. The number of carbonyl (C=O) groups is 2. The molecule has 1 heterocycles. The molecule has 6 nitrogen and oxygen atoms in total. The molecule has 0 radical (unpaired) electrons. The number of hydrogen-bond donors (Lipinski definition) is 2. The Morgan fingerprint density at radius 3 is 2.62 bits per heavy atom. The zero-order chi connectivity index (χ0) is 15.8. The number of aryl methyl sites for hydroxylation is 1. The summed E-state index contributed by atoms with van der Waals surface area (Å²) in [5, 5.41) is 16.5. The minimum atomic E-state index is -0.877. The van der Waals surface area contributed by atoms with E-state index in [2.05, 4.69) is 10.4 Å². The van der Waals surface area contributed by atoms with Crippen molar-refractivity contribution in [1.29, 1.82) is 0 Å². The average Bonchev–Trinajstić information content (AvgIpc) is 2.94. The highest BCUT2D eigenvalue weighted by molar-refractivity contribution is 5.93. The molecule has 2 atom stereocenters. The van der Waals surface area contributed by atoms with Gasteiger partial charge in [-0.3, -0.25) is 14.3 Å². The summed E-state index contributed by atoms with van der Waals surface area (Å²) in [6, 6.07) is 1.75. The van der Waals surface area contributed by atoms with E-state index in [0.29, 0.717) is 18.7 Å². The molecule has 0 spiro atoms. The van der Waals surface area contributed by atoms with Gasteiger partial charge in [0.15, 0.2) is 5.82 Å². The lowest BCUT2D eigenvalue weighted by molar-refractivity contribution is -0.154. The standard InChI is InChI=1S/C15H23N3O3/c1-5-18-9-7-11(17-18)16-12(19)10-6-8-15(4,13(20)21)14(10,2)3/h7,9-10H,5-6,8H2,1-4H3,(H,20,21)(H,16,17,19)/t10-,15+/m1/s1. The Kier molecular flexibility index (Phi) is 3.82. The van der Waals surface area contributed by atoms with Crippen LogP contribution in [0.3, 0.4) is 0 Å². The van der Waals surface area contributed by atoms with Crippen molar-refractivity contribution in [2.45, 2.75) is 47.1 Å². The van der Waals surface area contributed by atoms with Crippen LogP contribution in [0.25, 0.3) is 0 Å². The molecule has 1 fully saturated rings. The summed E-state index contributed by atoms with van der Waals surface area (Å²) in [5.74, 6) is -0.795. The van der Waals surface area contributed by atoms with Crippen LogP contribution in [0.1, 0.15) is 40.5 Å². The van der Waals surface area contributed by atoms with Gasteiger partial charge in [0.05, 0.1) is 5.41 Å². The second-order valence-electron chi connectivity index (χ2n) is 6.50. The number of carboxylic acid groups (broad SMARTS) is 1. The number of nitrogens with one attached hydrogen (secondary N) is 1. The number of amides is 1. The predicted molar refractivity (Wildman–Crippen MR) is 78.8 cm³/mol. The Morgan fingerprint density at radius 1 is 1.48 bits per heavy atom. The molecular formula is C15H23N3O3. The molecule has 1 aliphatic carbocycles. The molecule has 1 aromatic heterocycles. The topological polar surface area (TPSA) is 84.2 Å². The molecule has 0 unspecified atom stereocenters. The van der Waals surface area contributed by atoms with E-state index in [1.807, 2.05) is 20.8 Å². The molecular weight excluding hydrogens is 270 g/mol. The van der Waals surface area contributed by atoms with Gasteiger partial charge >= 0.3 is 5.97 Å². The molecule has 0 bridgehead atoms. The number of aliphatic carboxylic acids is 1. The zero-order valence-corrected chi connectivity index (χ0v) is 13.0. The highest BCUT2D eigenvalue weighted by Crippen LogP contribution is 2.56. The van der Waals surface area contributed by atoms with Gasteiger partial charge in [-0.15, -0.1) is 0 Å². The van der Waals surface area contributed by atoms with Crippen molar-refractivity contribution in [1.82, 2.24) is 9.78 Å². The first-order valence-electron chi connectivity index (χ1n) is 7.30. The number of aromatic nitrogens is 2. The largest absolute Gasteiger partial charge is 0.481 e. The van der Waals surface area contributed by atoms with E-state index < -0.39 is 16.8 Å². The van der Waals surface area contributed by atoms with Gasteiger partial charge in [-0.25, -0.2) is 0 Å². The maximum atomic E-state index is 12.5. The molecule has 0 aliphatic heterocycles. The Balaban J connectivity index is 2.15. The van der Waals surface area contributed by atoms with E-state index >= 15 is 0 Å². The summed E-state index contributed by atoms with van der Waals surface area (Å²) >= 11 is 0. The van der Waals surface area contributed by atoms with Crippen molar-refractivity contribution in [2.75, 3.05) is 5.32 Å². The zero-order valence-electron chi connectivity index (χ0n) is 13.0. The maximum Gasteiger partial charge on any atom is 0.309 e. The van der Waals surface area contributed by atoms with Crippen LogP contribution in [0.5, 0.6) is 0 Å². The van der Waals surface area contributed by atoms with Gasteiger partial charge in [0, 0.05) is 24.7 Å². The number of hydrogen-bond acceptors (Lipinski definition) is 3. The molecule has 1 aromatic rings. The summed E-state index contributed by atoms with van der Waals surface area (Å²) in [6.45, 7) is 8.17. The van der Waals surface area contributed by atoms with Crippen molar-refractivity contribution >= 4 is 17.7 Å². The minimum Gasteiger partial charge on any atom is -0.481 e. The fourth-order valence-corrected chi connectivity index (χ4v) is 3.16. The van der Waals surface area contributed by atoms with Gasteiger partial charge in [-0.05, 0) is 32.1 Å². The smallest absolute Gasteiger partial charge is 0.309 e. The number of nitrogens with zero attached hydrogens (tertiary/aromatic N) is 2. The van der Waals surface area contributed by atoms with Crippen LogP contribution in [-0.2, 0) is 16.1 Å². The third kappa shape index (κ3) is 2.43. The predicted octanol–water partition coefficient (Wildman–Crippen LogP) is 2.37. The van der Waals surface area contributed by atoms with E-state index in [9.17, 15) is 14.7 Å². The van der Waals surface area contributed by atoms with Crippen LogP contribution >= 0.6 is 0 Å². The van der Waals surface area contributed by atoms with Gasteiger partial charge in [0.2, 0.25) is 5.91 Å². The molecule has 6 heteroatoms. The fraction of sp³-hybridized carbons (Fsp3) is 0.667. The van der Waals surface area contributed by atoms with E-state index in [1.54, 1.807) is 23.9 Å². The quantitative estimate of drug-likeness (QED) is 0.892. The third-order valence-corrected chi connectivity index (χ3v) is 5.23. The maximum absolute atomic E-state index is 12.5. The molecule has 0 saturated heterocycles. The Labute approximate surface area is 124 Å². The van der Waals surface area contributed by atoms with E-state index in [0.717, 1.165) is 6.54 Å². The lowest BCUT2D eigenvalue weighted by atomic mass is 9.65. The first kappa shape index (κ1) is 15.5. The molecule has 1 saturated carbocycles. The Hall–Kier alpha value is -1.85. The summed E-state index contributed by atoms with van der Waals surface area (Å²) in [7, 11) is 0. The second kappa shape index (κ2) is 5.16. The van der Waals surface area contributed by atoms with Crippen molar-refractivity contribution < 1.29 is 14.7 Å². The van der Waals surface area contributed by atoms with Crippen molar-refractivity contribution in [3.8, 4) is 0 Å². The van der Waals surface area contributed by atoms with Crippen LogP contribution in [0.2, 0.25) is 0 Å². The first-order chi connectivity index (χ1) is 9.72. The van der Waals surface area contributed by atoms with E-state index in [4.69, 9.17) is 0 Å². The number of anilines is 1. The Morgan fingerprint density at radius 2 is 2.14 bits per heavy atom. The van der Waals surface area contributed by atoms with Crippen molar-refractivity contribution in [2.24, 2.45) is 16.7 Å². The first-order valence-corrected chi connectivity index (χ1v) is 7.30. The Bertz CT molecular complexity index is 564. The fourth-order valence-electron chi connectivity index (χ4n) is 3.16. The van der Waals surface area contributed by atoms with Gasteiger partial charge in [-0.1, -0.05) is 13.8 Å². The van der Waals surface area contributed by atoms with Crippen LogP contribution in [0.4, 0.5) is 5.82 Å². The average molecular weight is 293 g/mol. The molecule has 21 heavy (non-hydrogen) atoms. The second-order valence-corrected chi connectivity index (χ2v) is 6.50. The van der Waals surface area contributed by atoms with E-state index in [1.165, 1.54) is 0 Å². The normalized spacial score (nSPS) is 27.5. The number of carboxylic acids is 1. The highest BCUT2D eigenvalue weighted by atomic mass is 16.4. The molecule has 1 aliphatic rings.